The molecular weight excluding hydrogens is 418 g/mol. The van der Waals surface area contributed by atoms with Crippen LogP contribution in [0.4, 0.5) is 0 Å². The summed E-state index contributed by atoms with van der Waals surface area (Å²) in [5.74, 6) is -0.318. The molecule has 2 N–H and O–H groups in total. The predicted octanol–water partition coefficient (Wildman–Crippen LogP) is 2.50. The van der Waals surface area contributed by atoms with Crippen LogP contribution in [0.3, 0.4) is 0 Å². The fraction of sp³-hybridized carbons (Fsp3) is 0.280. The van der Waals surface area contributed by atoms with Gasteiger partial charge in [-0.2, -0.15) is 5.10 Å². The molecule has 1 aliphatic heterocycles. The topological polar surface area (TPSA) is 102 Å². The Bertz CT molecular complexity index is 1280. The van der Waals surface area contributed by atoms with Gasteiger partial charge < -0.3 is 15.2 Å². The zero-order valence-electron chi connectivity index (χ0n) is 18.3. The molecule has 4 aromatic rings. The van der Waals surface area contributed by atoms with E-state index < -0.39 is 12.1 Å². The number of nitrogens with zero attached hydrogens (tertiary/aromatic N) is 4. The highest BCUT2D eigenvalue weighted by Gasteiger charge is 2.26. The van der Waals surface area contributed by atoms with Crippen LogP contribution >= 0.6 is 0 Å². The summed E-state index contributed by atoms with van der Waals surface area (Å²) in [5.41, 5.74) is 4.91. The molecule has 1 aliphatic rings. The van der Waals surface area contributed by atoms with Crippen molar-refractivity contribution in [2.24, 2.45) is 7.05 Å². The average molecular weight is 444 g/mol. The van der Waals surface area contributed by atoms with Gasteiger partial charge in [0.25, 0.3) is 5.91 Å². The highest BCUT2D eigenvalue weighted by molar-refractivity contribution is 5.96. The number of aliphatic hydroxyl groups excluding tert-OH is 1. The predicted molar refractivity (Wildman–Crippen MR) is 124 cm³/mol. The summed E-state index contributed by atoms with van der Waals surface area (Å²) in [4.78, 5) is 22.1. The third-order valence-corrected chi connectivity index (χ3v) is 5.89. The number of para-hydroxylation sites is 1. The van der Waals surface area contributed by atoms with Crippen molar-refractivity contribution >= 4 is 16.8 Å². The summed E-state index contributed by atoms with van der Waals surface area (Å²) in [6.07, 6.45) is 6.07. The Hall–Kier alpha value is -3.62. The van der Waals surface area contributed by atoms with E-state index in [2.05, 4.69) is 20.4 Å². The highest BCUT2D eigenvalue weighted by Crippen LogP contribution is 2.23. The maximum Gasteiger partial charge on any atom is 0.270 e. The molecule has 168 valence electrons. The van der Waals surface area contributed by atoms with Crippen molar-refractivity contribution in [3.05, 3.63) is 77.9 Å². The Labute approximate surface area is 191 Å². The van der Waals surface area contributed by atoms with Gasteiger partial charge in [0, 0.05) is 37.0 Å². The number of aryl methyl sites for hydroxylation is 1. The Kier molecular flexibility index (Phi) is 5.85. The molecule has 33 heavy (non-hydrogen) atoms. The number of carbonyl (C=O) groups is 1. The molecule has 0 saturated carbocycles. The average Bonchev–Trinajstić information content (AvgIpc) is 3.27. The lowest BCUT2D eigenvalue weighted by Crippen LogP contribution is -2.49. The van der Waals surface area contributed by atoms with E-state index in [0.717, 1.165) is 33.3 Å². The van der Waals surface area contributed by atoms with Crippen molar-refractivity contribution < 1.29 is 14.6 Å². The van der Waals surface area contributed by atoms with Gasteiger partial charge in [-0.25, -0.2) is 4.98 Å². The molecule has 8 nitrogen and oxygen atoms in total. The summed E-state index contributed by atoms with van der Waals surface area (Å²) >= 11 is 0. The molecule has 0 spiro atoms. The summed E-state index contributed by atoms with van der Waals surface area (Å²) < 4.78 is 7.15. The summed E-state index contributed by atoms with van der Waals surface area (Å²) in [7, 11) is 1.88. The first kappa shape index (κ1) is 21.2. The van der Waals surface area contributed by atoms with Crippen molar-refractivity contribution in [1.82, 2.24) is 25.1 Å². The van der Waals surface area contributed by atoms with E-state index in [1.165, 1.54) is 0 Å². The van der Waals surface area contributed by atoms with Crippen LogP contribution < -0.4 is 5.32 Å². The minimum absolute atomic E-state index is 0.294. The number of carbonyl (C=O) groups excluding carboxylic acids is 1. The fourth-order valence-electron chi connectivity index (χ4n) is 4.09. The van der Waals surface area contributed by atoms with Crippen LogP contribution in [-0.4, -0.2) is 56.1 Å². The molecule has 2 atom stereocenters. The maximum atomic E-state index is 12.9. The zero-order chi connectivity index (χ0) is 22.8. The standard InChI is InChI=1S/C25H25N5O3/c1-30-14-18(13-27-30)20-7-6-16(12-26-20)10-17-11-22(28-21-5-3-2-4-19(17)21)25(32)29-23-15-33-9-8-24(23)31/h2-7,11-14,23-24,31H,8-10,15H2,1H3,(H,29,32)/t23-,24-/m0/s1. The van der Waals surface area contributed by atoms with Crippen LogP contribution in [0.1, 0.15) is 28.0 Å². The number of rotatable bonds is 5. The van der Waals surface area contributed by atoms with E-state index in [4.69, 9.17) is 4.74 Å². The minimum Gasteiger partial charge on any atom is -0.391 e. The number of amides is 1. The van der Waals surface area contributed by atoms with E-state index in [0.29, 0.717) is 31.7 Å². The number of aliphatic hydroxyl groups is 1. The maximum absolute atomic E-state index is 12.9. The van der Waals surface area contributed by atoms with Gasteiger partial charge in [0.2, 0.25) is 0 Å². The number of hydrogen-bond donors (Lipinski definition) is 2. The van der Waals surface area contributed by atoms with Crippen LogP contribution in [0, 0.1) is 0 Å². The van der Waals surface area contributed by atoms with Gasteiger partial charge in [-0.15, -0.1) is 0 Å². The quantitative estimate of drug-likeness (QED) is 0.491. The van der Waals surface area contributed by atoms with Gasteiger partial charge in [-0.05, 0) is 42.2 Å². The third kappa shape index (κ3) is 4.62. The van der Waals surface area contributed by atoms with Crippen molar-refractivity contribution in [2.75, 3.05) is 13.2 Å². The smallest absolute Gasteiger partial charge is 0.270 e. The molecule has 1 fully saturated rings. The number of nitrogens with one attached hydrogen (secondary N) is 1. The molecule has 0 aliphatic carbocycles. The number of ether oxygens (including phenoxy) is 1. The molecule has 0 unspecified atom stereocenters. The molecule has 4 heterocycles. The van der Waals surface area contributed by atoms with Crippen molar-refractivity contribution in [3.63, 3.8) is 0 Å². The monoisotopic (exact) mass is 443 g/mol. The summed E-state index contributed by atoms with van der Waals surface area (Å²) in [5, 5.41) is 18.2. The van der Waals surface area contributed by atoms with E-state index in [-0.39, 0.29) is 5.91 Å². The summed E-state index contributed by atoms with van der Waals surface area (Å²) in [6.45, 7) is 0.793. The van der Waals surface area contributed by atoms with Crippen LogP contribution in [-0.2, 0) is 18.2 Å². The van der Waals surface area contributed by atoms with E-state index in [9.17, 15) is 9.90 Å². The second-order valence-electron chi connectivity index (χ2n) is 8.33. The van der Waals surface area contributed by atoms with Crippen molar-refractivity contribution in [3.8, 4) is 11.3 Å². The Morgan fingerprint density at radius 2 is 2.12 bits per heavy atom. The van der Waals surface area contributed by atoms with Gasteiger partial charge in [0.1, 0.15) is 5.69 Å². The van der Waals surface area contributed by atoms with Gasteiger partial charge in [-0.3, -0.25) is 14.5 Å². The molecule has 3 aromatic heterocycles. The highest BCUT2D eigenvalue weighted by atomic mass is 16.5. The molecule has 0 radical (unpaired) electrons. The number of aromatic nitrogens is 4. The second kappa shape index (κ2) is 9.09. The lowest BCUT2D eigenvalue weighted by atomic mass is 10.00. The SMILES string of the molecule is Cn1cc(-c2ccc(Cc3cc(C(=O)N[C@H]4COCC[C@@H]4O)nc4ccccc34)cn2)cn1. The van der Waals surface area contributed by atoms with Crippen LogP contribution in [0.5, 0.6) is 0 Å². The van der Waals surface area contributed by atoms with E-state index >= 15 is 0 Å². The first-order chi connectivity index (χ1) is 16.1. The fourth-order valence-corrected chi connectivity index (χ4v) is 4.09. The number of fused-ring (bicyclic) bond motifs is 1. The molecule has 1 aromatic carbocycles. The van der Waals surface area contributed by atoms with Crippen LogP contribution in [0.25, 0.3) is 22.2 Å². The van der Waals surface area contributed by atoms with Gasteiger partial charge in [0.05, 0.1) is 36.2 Å². The van der Waals surface area contributed by atoms with E-state index in [1.54, 1.807) is 10.9 Å². The van der Waals surface area contributed by atoms with Gasteiger partial charge in [-0.1, -0.05) is 24.3 Å². The normalized spacial score (nSPS) is 18.4. The van der Waals surface area contributed by atoms with Crippen molar-refractivity contribution in [1.29, 1.82) is 0 Å². The van der Waals surface area contributed by atoms with Gasteiger partial charge >= 0.3 is 0 Å². The zero-order valence-corrected chi connectivity index (χ0v) is 18.3. The Balaban J connectivity index is 1.42. The van der Waals surface area contributed by atoms with Crippen LogP contribution in [0.2, 0.25) is 0 Å². The largest absolute Gasteiger partial charge is 0.391 e. The minimum atomic E-state index is -0.618. The lowest BCUT2D eigenvalue weighted by Gasteiger charge is -2.28. The molecule has 8 heteroatoms. The molecule has 5 rings (SSSR count). The number of benzene rings is 1. The first-order valence-electron chi connectivity index (χ1n) is 11.0. The molecular formula is C25H25N5O3. The van der Waals surface area contributed by atoms with E-state index in [1.807, 2.05) is 61.9 Å². The second-order valence-corrected chi connectivity index (χ2v) is 8.33. The number of pyridine rings is 2. The van der Waals surface area contributed by atoms with Gasteiger partial charge in [0.15, 0.2) is 0 Å². The lowest BCUT2D eigenvalue weighted by molar-refractivity contribution is -0.0140. The Morgan fingerprint density at radius 1 is 1.24 bits per heavy atom. The number of hydrogen-bond acceptors (Lipinski definition) is 6. The first-order valence-corrected chi connectivity index (χ1v) is 11.0. The molecule has 1 saturated heterocycles. The molecule has 1 amide bonds. The van der Waals surface area contributed by atoms with Crippen LogP contribution in [0.15, 0.2) is 61.1 Å². The third-order valence-electron chi connectivity index (χ3n) is 5.89. The Morgan fingerprint density at radius 3 is 2.88 bits per heavy atom. The van der Waals surface area contributed by atoms with Crippen molar-refractivity contribution in [2.45, 2.75) is 25.0 Å². The summed E-state index contributed by atoms with van der Waals surface area (Å²) in [6, 6.07) is 13.2. The molecule has 0 bridgehead atoms.